The van der Waals surface area contributed by atoms with Crippen molar-refractivity contribution >= 4 is 5.57 Å². The molecular weight excluding hydrogens is 264 g/mol. The zero-order chi connectivity index (χ0) is 15.2. The summed E-state index contributed by atoms with van der Waals surface area (Å²) in [4.78, 5) is 0. The Bertz CT molecular complexity index is 685. The van der Waals surface area contributed by atoms with Gasteiger partial charge in [-0.25, -0.2) is 0 Å². The van der Waals surface area contributed by atoms with E-state index in [4.69, 9.17) is 0 Å². The third-order valence-corrected chi connectivity index (χ3v) is 3.96. The van der Waals surface area contributed by atoms with Gasteiger partial charge in [0.2, 0.25) is 0 Å². The van der Waals surface area contributed by atoms with Gasteiger partial charge in [0.15, 0.2) is 0 Å². The maximum atomic E-state index is 2.36. The average molecular weight is 284 g/mol. The van der Waals surface area contributed by atoms with Crippen molar-refractivity contribution in [1.82, 2.24) is 0 Å². The molecule has 0 radical (unpaired) electrons. The lowest BCUT2D eigenvalue weighted by molar-refractivity contribution is 1.03. The van der Waals surface area contributed by atoms with Crippen molar-refractivity contribution in [3.05, 3.63) is 114 Å². The van der Waals surface area contributed by atoms with Crippen LogP contribution in [0, 0.1) is 0 Å². The normalized spacial score (nSPS) is 11.6. The first kappa shape index (κ1) is 14.3. The monoisotopic (exact) mass is 284 g/mol. The van der Waals surface area contributed by atoms with E-state index in [9.17, 15) is 0 Å². The Labute approximate surface area is 132 Å². The van der Waals surface area contributed by atoms with Crippen LogP contribution in [-0.2, 0) is 0 Å². The summed E-state index contributed by atoms with van der Waals surface area (Å²) in [6, 6.07) is 31.9. The van der Waals surface area contributed by atoms with Crippen molar-refractivity contribution in [2.24, 2.45) is 0 Å². The highest BCUT2D eigenvalue weighted by molar-refractivity contribution is 5.65. The van der Waals surface area contributed by atoms with Crippen LogP contribution in [0.5, 0.6) is 0 Å². The molecule has 0 aliphatic heterocycles. The van der Waals surface area contributed by atoms with Crippen LogP contribution in [0.1, 0.15) is 29.5 Å². The molecule has 0 aliphatic rings. The minimum absolute atomic E-state index is 0.280. The summed E-state index contributed by atoms with van der Waals surface area (Å²) in [5, 5.41) is 0. The van der Waals surface area contributed by atoms with Gasteiger partial charge < -0.3 is 0 Å². The molecule has 0 aromatic heterocycles. The molecule has 0 aliphatic carbocycles. The number of allylic oxidation sites excluding steroid dienone is 2. The topological polar surface area (TPSA) is 0 Å². The van der Waals surface area contributed by atoms with Crippen LogP contribution in [0.25, 0.3) is 5.57 Å². The second kappa shape index (κ2) is 6.91. The Morgan fingerprint density at radius 3 is 1.50 bits per heavy atom. The van der Waals surface area contributed by atoms with Crippen molar-refractivity contribution < 1.29 is 0 Å². The van der Waals surface area contributed by atoms with Gasteiger partial charge in [-0.2, -0.15) is 0 Å². The molecule has 22 heavy (non-hydrogen) atoms. The fraction of sp³-hybridized carbons (Fsp3) is 0.0909. The molecule has 3 aromatic carbocycles. The van der Waals surface area contributed by atoms with Gasteiger partial charge in [-0.05, 0) is 29.2 Å². The minimum Gasteiger partial charge on any atom is -0.0691 e. The molecule has 0 unspecified atom stereocenters. The van der Waals surface area contributed by atoms with E-state index in [1.165, 1.54) is 22.3 Å². The van der Waals surface area contributed by atoms with Crippen molar-refractivity contribution in [2.75, 3.05) is 0 Å². The smallest absolute Gasteiger partial charge is 0.0275 e. The zero-order valence-electron chi connectivity index (χ0n) is 12.8. The maximum Gasteiger partial charge on any atom is 0.0275 e. The van der Waals surface area contributed by atoms with Crippen LogP contribution in [0.4, 0.5) is 0 Å². The summed E-state index contributed by atoms with van der Waals surface area (Å²) in [5.41, 5.74) is 5.23. The van der Waals surface area contributed by atoms with E-state index in [-0.39, 0.29) is 5.92 Å². The lowest BCUT2D eigenvalue weighted by Gasteiger charge is -2.16. The number of hydrogen-bond donors (Lipinski definition) is 0. The number of rotatable bonds is 4. The number of hydrogen-bond acceptors (Lipinski definition) is 0. The van der Waals surface area contributed by atoms with Gasteiger partial charge in [-0.1, -0.05) is 97.1 Å². The highest BCUT2D eigenvalue weighted by Gasteiger charge is 2.11. The highest BCUT2D eigenvalue weighted by Crippen LogP contribution is 2.29. The molecule has 0 nitrogen and oxygen atoms in total. The SMILES string of the molecule is CC(=CC(c1ccccc1)c1ccccc1)c1ccccc1. The molecule has 0 amide bonds. The van der Waals surface area contributed by atoms with Gasteiger partial charge >= 0.3 is 0 Å². The third kappa shape index (κ3) is 3.35. The first-order valence-electron chi connectivity index (χ1n) is 7.68. The van der Waals surface area contributed by atoms with E-state index in [1.807, 2.05) is 0 Å². The molecule has 0 heteroatoms. The van der Waals surface area contributed by atoms with Crippen molar-refractivity contribution in [2.45, 2.75) is 12.8 Å². The van der Waals surface area contributed by atoms with Crippen LogP contribution in [0.15, 0.2) is 97.1 Å². The van der Waals surface area contributed by atoms with E-state index < -0.39 is 0 Å². The van der Waals surface area contributed by atoms with Gasteiger partial charge in [0.1, 0.15) is 0 Å². The Morgan fingerprint density at radius 2 is 1.05 bits per heavy atom. The van der Waals surface area contributed by atoms with Gasteiger partial charge in [0.05, 0.1) is 0 Å². The summed E-state index contributed by atoms with van der Waals surface area (Å²) >= 11 is 0. The second-order valence-corrected chi connectivity index (χ2v) is 5.51. The third-order valence-electron chi connectivity index (χ3n) is 3.96. The van der Waals surface area contributed by atoms with Crippen LogP contribution in [-0.4, -0.2) is 0 Å². The fourth-order valence-corrected chi connectivity index (χ4v) is 2.75. The molecule has 3 aromatic rings. The van der Waals surface area contributed by atoms with E-state index in [1.54, 1.807) is 0 Å². The van der Waals surface area contributed by atoms with Gasteiger partial charge in [0.25, 0.3) is 0 Å². The summed E-state index contributed by atoms with van der Waals surface area (Å²) < 4.78 is 0. The molecule has 0 atom stereocenters. The van der Waals surface area contributed by atoms with Gasteiger partial charge in [-0.3, -0.25) is 0 Å². The quantitative estimate of drug-likeness (QED) is 0.557. The summed E-state index contributed by atoms with van der Waals surface area (Å²) in [6.07, 6.45) is 2.36. The maximum absolute atomic E-state index is 2.36. The Morgan fingerprint density at radius 1 is 0.636 bits per heavy atom. The van der Waals surface area contributed by atoms with Crippen molar-refractivity contribution in [3.8, 4) is 0 Å². The molecule has 0 saturated heterocycles. The summed E-state index contributed by atoms with van der Waals surface area (Å²) in [5.74, 6) is 0.280. The minimum atomic E-state index is 0.280. The van der Waals surface area contributed by atoms with E-state index in [0.29, 0.717) is 0 Å². The van der Waals surface area contributed by atoms with E-state index >= 15 is 0 Å². The Hall–Kier alpha value is -2.60. The zero-order valence-corrected chi connectivity index (χ0v) is 12.8. The summed E-state index contributed by atoms with van der Waals surface area (Å²) in [6.45, 7) is 2.19. The molecular formula is C22H20. The number of benzene rings is 3. The standard InChI is InChI=1S/C22H20/c1-18(19-11-5-2-6-12-19)17-22(20-13-7-3-8-14-20)21-15-9-4-10-16-21/h2-17,22H,1H3. The molecule has 108 valence electrons. The molecule has 0 N–H and O–H groups in total. The van der Waals surface area contributed by atoms with E-state index in [2.05, 4.69) is 104 Å². The Balaban J connectivity index is 2.03. The van der Waals surface area contributed by atoms with Crippen molar-refractivity contribution in [3.63, 3.8) is 0 Å². The molecule has 0 fully saturated rings. The molecule has 0 spiro atoms. The lowest BCUT2D eigenvalue weighted by Crippen LogP contribution is -1.98. The molecule has 0 bridgehead atoms. The average Bonchev–Trinajstić information content (AvgIpc) is 2.62. The predicted octanol–water partition coefficient (Wildman–Crippen LogP) is 5.92. The van der Waals surface area contributed by atoms with E-state index in [0.717, 1.165) is 0 Å². The summed E-state index contributed by atoms with van der Waals surface area (Å²) in [7, 11) is 0. The Kier molecular flexibility index (Phi) is 4.50. The lowest BCUT2D eigenvalue weighted by atomic mass is 9.88. The van der Waals surface area contributed by atoms with Crippen LogP contribution < -0.4 is 0 Å². The van der Waals surface area contributed by atoms with Gasteiger partial charge in [0, 0.05) is 5.92 Å². The first-order chi connectivity index (χ1) is 10.8. The van der Waals surface area contributed by atoms with Crippen molar-refractivity contribution in [1.29, 1.82) is 0 Å². The highest BCUT2D eigenvalue weighted by atomic mass is 14.2. The molecule has 0 saturated carbocycles. The molecule has 0 heterocycles. The van der Waals surface area contributed by atoms with Crippen LogP contribution in [0.2, 0.25) is 0 Å². The van der Waals surface area contributed by atoms with Crippen LogP contribution in [0.3, 0.4) is 0 Å². The van der Waals surface area contributed by atoms with Gasteiger partial charge in [-0.15, -0.1) is 0 Å². The fourth-order valence-electron chi connectivity index (χ4n) is 2.75. The second-order valence-electron chi connectivity index (χ2n) is 5.51. The largest absolute Gasteiger partial charge is 0.0691 e. The predicted molar refractivity (Wildman–Crippen MR) is 94.8 cm³/mol. The first-order valence-corrected chi connectivity index (χ1v) is 7.68. The van der Waals surface area contributed by atoms with Crippen LogP contribution >= 0.6 is 0 Å². The molecule has 3 rings (SSSR count).